The van der Waals surface area contributed by atoms with Gasteiger partial charge in [0.25, 0.3) is 0 Å². The second-order valence-electron chi connectivity index (χ2n) is 4.46. The van der Waals surface area contributed by atoms with Gasteiger partial charge in [-0.15, -0.1) is 0 Å². The standard InChI is InChI=1S/C12H26N2/c1-6-7-13-8-12(4)10-14(5)9-11(2)3/h12-13H,2,6-10H2,1,3-5H3. The van der Waals surface area contributed by atoms with Crippen LogP contribution in [0.3, 0.4) is 0 Å². The minimum absolute atomic E-state index is 0.714. The van der Waals surface area contributed by atoms with Crippen molar-refractivity contribution in [2.45, 2.75) is 27.2 Å². The second kappa shape index (κ2) is 8.01. The molecular weight excluding hydrogens is 172 g/mol. The Kier molecular flexibility index (Phi) is 7.81. The van der Waals surface area contributed by atoms with Gasteiger partial charge in [-0.05, 0) is 39.4 Å². The maximum atomic E-state index is 3.92. The number of hydrogen-bond acceptors (Lipinski definition) is 2. The first-order valence-electron chi connectivity index (χ1n) is 5.59. The molecule has 0 bridgehead atoms. The van der Waals surface area contributed by atoms with Crippen molar-refractivity contribution in [3.8, 4) is 0 Å². The van der Waals surface area contributed by atoms with Gasteiger partial charge in [-0.25, -0.2) is 0 Å². The molecule has 0 amide bonds. The molecule has 0 radical (unpaired) electrons. The zero-order valence-corrected chi connectivity index (χ0v) is 10.3. The van der Waals surface area contributed by atoms with Gasteiger partial charge in [-0.3, -0.25) is 0 Å². The van der Waals surface area contributed by atoms with Crippen LogP contribution in [0.2, 0.25) is 0 Å². The van der Waals surface area contributed by atoms with Crippen molar-refractivity contribution in [2.75, 3.05) is 33.2 Å². The third-order valence-electron chi connectivity index (χ3n) is 2.08. The number of nitrogens with one attached hydrogen (secondary N) is 1. The SMILES string of the molecule is C=C(C)CN(C)CC(C)CNCCC. The Morgan fingerprint density at radius 2 is 2.14 bits per heavy atom. The Balaban J connectivity index is 3.49. The summed E-state index contributed by atoms with van der Waals surface area (Å²) >= 11 is 0. The summed E-state index contributed by atoms with van der Waals surface area (Å²) in [6.07, 6.45) is 1.22. The van der Waals surface area contributed by atoms with Crippen LogP contribution in [0.1, 0.15) is 27.2 Å². The molecule has 0 aromatic carbocycles. The Bertz CT molecular complexity index is 154. The predicted molar refractivity (Wildman–Crippen MR) is 64.6 cm³/mol. The van der Waals surface area contributed by atoms with Crippen molar-refractivity contribution < 1.29 is 0 Å². The van der Waals surface area contributed by atoms with E-state index in [4.69, 9.17) is 0 Å². The van der Waals surface area contributed by atoms with Gasteiger partial charge in [0.15, 0.2) is 0 Å². The van der Waals surface area contributed by atoms with Crippen LogP contribution in [0.25, 0.3) is 0 Å². The minimum atomic E-state index is 0.714. The van der Waals surface area contributed by atoms with Crippen LogP contribution < -0.4 is 5.32 Å². The van der Waals surface area contributed by atoms with Crippen LogP contribution in [-0.4, -0.2) is 38.1 Å². The summed E-state index contributed by atoms with van der Waals surface area (Å²) in [6, 6.07) is 0. The normalized spacial score (nSPS) is 13.2. The Morgan fingerprint density at radius 3 is 2.64 bits per heavy atom. The van der Waals surface area contributed by atoms with E-state index in [0.717, 1.165) is 26.2 Å². The molecule has 1 N–H and O–H groups in total. The van der Waals surface area contributed by atoms with Crippen molar-refractivity contribution in [3.63, 3.8) is 0 Å². The maximum Gasteiger partial charge on any atom is 0.0184 e. The summed E-state index contributed by atoms with van der Waals surface area (Å²) < 4.78 is 0. The molecule has 84 valence electrons. The first-order chi connectivity index (χ1) is 6.56. The van der Waals surface area contributed by atoms with E-state index in [1.54, 1.807) is 0 Å². The van der Waals surface area contributed by atoms with Gasteiger partial charge >= 0.3 is 0 Å². The van der Waals surface area contributed by atoms with Crippen LogP contribution in [0.4, 0.5) is 0 Å². The Hall–Kier alpha value is -0.340. The molecule has 0 aliphatic carbocycles. The summed E-state index contributed by atoms with van der Waals surface area (Å²) in [5.74, 6) is 0.714. The molecule has 2 heteroatoms. The average Bonchev–Trinajstić information content (AvgIpc) is 2.02. The van der Waals surface area contributed by atoms with Crippen LogP contribution in [-0.2, 0) is 0 Å². The highest BCUT2D eigenvalue weighted by atomic mass is 15.1. The van der Waals surface area contributed by atoms with Crippen molar-refractivity contribution in [1.29, 1.82) is 0 Å². The molecule has 0 fully saturated rings. The molecule has 0 aromatic heterocycles. The fraction of sp³-hybridized carbons (Fsp3) is 0.833. The molecule has 0 rings (SSSR count). The molecule has 0 spiro atoms. The summed E-state index contributed by atoms with van der Waals surface area (Å²) in [4.78, 5) is 2.33. The molecule has 1 atom stereocenters. The Morgan fingerprint density at radius 1 is 1.50 bits per heavy atom. The first-order valence-corrected chi connectivity index (χ1v) is 5.59. The Labute approximate surface area is 89.4 Å². The number of likely N-dealkylation sites (N-methyl/N-ethyl adjacent to an activating group) is 1. The summed E-state index contributed by atoms with van der Waals surface area (Å²) in [6.45, 7) is 14.9. The molecule has 0 aliphatic heterocycles. The molecule has 0 aromatic rings. The molecule has 14 heavy (non-hydrogen) atoms. The topological polar surface area (TPSA) is 15.3 Å². The number of nitrogens with zero attached hydrogens (tertiary/aromatic N) is 1. The largest absolute Gasteiger partial charge is 0.316 e. The smallest absolute Gasteiger partial charge is 0.0184 e. The van der Waals surface area contributed by atoms with Gasteiger partial charge in [0.05, 0.1) is 0 Å². The third kappa shape index (κ3) is 8.27. The van der Waals surface area contributed by atoms with Crippen LogP contribution in [0, 0.1) is 5.92 Å². The number of hydrogen-bond donors (Lipinski definition) is 1. The lowest BCUT2D eigenvalue weighted by molar-refractivity contribution is 0.300. The zero-order valence-electron chi connectivity index (χ0n) is 10.3. The van der Waals surface area contributed by atoms with Crippen LogP contribution in [0.5, 0.6) is 0 Å². The van der Waals surface area contributed by atoms with Crippen LogP contribution in [0.15, 0.2) is 12.2 Å². The minimum Gasteiger partial charge on any atom is -0.316 e. The first kappa shape index (κ1) is 13.7. The van der Waals surface area contributed by atoms with Gasteiger partial charge < -0.3 is 10.2 Å². The van der Waals surface area contributed by atoms with E-state index in [1.165, 1.54) is 12.0 Å². The fourth-order valence-electron chi connectivity index (χ4n) is 1.65. The van der Waals surface area contributed by atoms with Gasteiger partial charge in [0, 0.05) is 13.1 Å². The fourth-order valence-corrected chi connectivity index (χ4v) is 1.65. The molecular formula is C12H26N2. The van der Waals surface area contributed by atoms with Gasteiger partial charge in [0.2, 0.25) is 0 Å². The highest BCUT2D eigenvalue weighted by Crippen LogP contribution is 1.99. The molecule has 0 heterocycles. The van der Waals surface area contributed by atoms with Crippen molar-refractivity contribution >= 4 is 0 Å². The molecule has 0 aliphatic rings. The van der Waals surface area contributed by atoms with Gasteiger partial charge in [0.1, 0.15) is 0 Å². The lowest BCUT2D eigenvalue weighted by Gasteiger charge is -2.21. The quantitative estimate of drug-likeness (QED) is 0.475. The molecule has 0 saturated carbocycles. The average molecular weight is 198 g/mol. The van der Waals surface area contributed by atoms with Crippen molar-refractivity contribution in [3.05, 3.63) is 12.2 Å². The van der Waals surface area contributed by atoms with E-state index in [-0.39, 0.29) is 0 Å². The van der Waals surface area contributed by atoms with Crippen molar-refractivity contribution in [1.82, 2.24) is 10.2 Å². The maximum absolute atomic E-state index is 3.92. The van der Waals surface area contributed by atoms with Crippen LogP contribution >= 0.6 is 0 Å². The summed E-state index contributed by atoms with van der Waals surface area (Å²) in [5.41, 5.74) is 1.24. The molecule has 1 unspecified atom stereocenters. The van der Waals surface area contributed by atoms with E-state index < -0.39 is 0 Å². The monoisotopic (exact) mass is 198 g/mol. The van der Waals surface area contributed by atoms with E-state index in [2.05, 4.69) is 44.6 Å². The predicted octanol–water partition coefficient (Wildman–Crippen LogP) is 2.13. The zero-order chi connectivity index (χ0) is 11.0. The molecule has 2 nitrogen and oxygen atoms in total. The van der Waals surface area contributed by atoms with Gasteiger partial charge in [-0.1, -0.05) is 26.0 Å². The third-order valence-corrected chi connectivity index (χ3v) is 2.08. The summed E-state index contributed by atoms with van der Waals surface area (Å²) in [5, 5.41) is 3.44. The summed E-state index contributed by atoms with van der Waals surface area (Å²) in [7, 11) is 2.16. The molecule has 0 saturated heterocycles. The van der Waals surface area contributed by atoms with Crippen molar-refractivity contribution in [2.24, 2.45) is 5.92 Å². The van der Waals surface area contributed by atoms with Gasteiger partial charge in [-0.2, -0.15) is 0 Å². The highest BCUT2D eigenvalue weighted by Gasteiger charge is 2.05. The van der Waals surface area contributed by atoms with E-state index in [0.29, 0.717) is 5.92 Å². The second-order valence-corrected chi connectivity index (χ2v) is 4.46. The van der Waals surface area contributed by atoms with E-state index in [9.17, 15) is 0 Å². The number of rotatable bonds is 8. The lowest BCUT2D eigenvalue weighted by atomic mass is 10.1. The van der Waals surface area contributed by atoms with E-state index in [1.807, 2.05) is 0 Å². The highest BCUT2D eigenvalue weighted by molar-refractivity contribution is 4.91. The van der Waals surface area contributed by atoms with E-state index >= 15 is 0 Å². The lowest BCUT2D eigenvalue weighted by Crippen LogP contribution is -2.32.